The van der Waals surface area contributed by atoms with Crippen LogP contribution in [0.1, 0.15) is 306 Å². The van der Waals surface area contributed by atoms with Gasteiger partial charge in [0.25, 0.3) is 0 Å². The fourth-order valence-corrected chi connectivity index (χ4v) is 10.3. The second-order valence-corrected chi connectivity index (χ2v) is 31.7. The van der Waals surface area contributed by atoms with E-state index in [0.29, 0.717) is 44.9 Å². The number of hydrogen-bond acceptors (Lipinski definition) is 20. The predicted molar refractivity (Wildman–Crippen MR) is 450 cm³/mol. The molecule has 0 spiro atoms. The van der Waals surface area contributed by atoms with Gasteiger partial charge in [0.2, 0.25) is 0 Å². The Morgan fingerprint density at radius 1 is 0.268 bits per heavy atom. The quantitative estimate of drug-likeness (QED) is 0.0251. The average molecular weight is 1600 g/mol. The van der Waals surface area contributed by atoms with Crippen molar-refractivity contribution in [2.24, 2.45) is 65.1 Å². The van der Waals surface area contributed by atoms with Gasteiger partial charge in [0.05, 0.1) is 85.7 Å². The number of carbonyl (C=O) groups is 12. The summed E-state index contributed by atoms with van der Waals surface area (Å²) in [6.45, 7) is 63.1. The molecular formula is C88H162O24. The summed E-state index contributed by atoms with van der Waals surface area (Å²) in [6, 6.07) is 0. The highest BCUT2D eigenvalue weighted by atomic mass is 16.6. The Morgan fingerprint density at radius 3 is 0.571 bits per heavy atom. The van der Waals surface area contributed by atoms with Crippen molar-refractivity contribution >= 4 is 71.6 Å². The SMILES string of the molecule is C.C.C.C.C.C=CC[C@@H](C(=O)O)C(CCC)C(=O)OC(C)(C)C.C=CC[C@@H](C(=O)O)[C@@H](CCC)C(=O)OC(C)(C)C.C=CC[C@@H](C(=O)O)[C@H](CCC)C(=O)OC(C)(C)C.C=CC[C@@H](C(=O)OC)C(CCC)C(=O)OC(C)(C)C.C=CC[C@@H](C(=O)OC)[C@H](CCC)C(=O)OC(C)(C)C.C=CC[C@H](CC(=O)OC(C)(C)C)C(=O)O. The summed E-state index contributed by atoms with van der Waals surface area (Å²) in [6.07, 6.45) is 17.7. The summed E-state index contributed by atoms with van der Waals surface area (Å²) in [5.74, 6) is -14.0. The van der Waals surface area contributed by atoms with E-state index in [1.807, 2.05) is 76.2 Å². The highest BCUT2D eigenvalue weighted by Gasteiger charge is 2.40. The molecule has 0 bridgehead atoms. The minimum absolute atomic E-state index is 0. The lowest BCUT2D eigenvalue weighted by Crippen LogP contribution is -2.36. The molecule has 0 aliphatic rings. The highest BCUT2D eigenvalue weighted by molar-refractivity contribution is 5.85. The largest absolute Gasteiger partial charge is 0.481 e. The number of allylic oxidation sites excluding steroid dienone is 6. The molecule has 0 radical (unpaired) electrons. The molecule has 0 saturated heterocycles. The van der Waals surface area contributed by atoms with Gasteiger partial charge in [-0.2, -0.15) is 0 Å². The molecule has 0 fully saturated rings. The maximum absolute atomic E-state index is 12.2. The van der Waals surface area contributed by atoms with E-state index in [0.717, 1.165) is 32.1 Å². The molecule has 658 valence electrons. The normalized spacial score (nSPS) is 13.7. The Bertz CT molecular complexity index is 2520. The summed E-state index contributed by atoms with van der Waals surface area (Å²) in [5.41, 5.74) is -3.48. The van der Waals surface area contributed by atoms with Crippen molar-refractivity contribution in [2.45, 2.75) is 339 Å². The third-order valence-corrected chi connectivity index (χ3v) is 14.7. The van der Waals surface area contributed by atoms with Crippen LogP contribution in [0.4, 0.5) is 0 Å². The van der Waals surface area contributed by atoms with Crippen molar-refractivity contribution in [1.82, 2.24) is 0 Å². The Morgan fingerprint density at radius 2 is 0.438 bits per heavy atom. The van der Waals surface area contributed by atoms with E-state index < -0.39 is 146 Å². The maximum atomic E-state index is 12.2. The van der Waals surface area contributed by atoms with E-state index in [4.69, 9.17) is 43.0 Å². The molecule has 0 amide bonds. The minimum Gasteiger partial charge on any atom is -0.481 e. The fraction of sp³-hybridized carbons (Fsp3) is 0.727. The van der Waals surface area contributed by atoms with E-state index in [1.54, 1.807) is 95.2 Å². The monoisotopic (exact) mass is 1600 g/mol. The smallest absolute Gasteiger partial charge is 0.310 e. The van der Waals surface area contributed by atoms with Crippen LogP contribution in [0, 0.1) is 65.1 Å². The number of ether oxygens (including phenoxy) is 8. The number of hydrogen-bond donors (Lipinski definition) is 4. The van der Waals surface area contributed by atoms with Gasteiger partial charge in [0.15, 0.2) is 0 Å². The minimum atomic E-state index is -0.999. The van der Waals surface area contributed by atoms with Crippen LogP contribution >= 0.6 is 0 Å². The zero-order valence-corrected chi connectivity index (χ0v) is 70.0. The first-order valence-corrected chi connectivity index (χ1v) is 37.0. The van der Waals surface area contributed by atoms with Crippen LogP contribution in [-0.4, -0.2) is 140 Å². The van der Waals surface area contributed by atoms with E-state index in [9.17, 15) is 72.9 Å². The lowest BCUT2D eigenvalue weighted by molar-refractivity contribution is -0.168. The first-order valence-electron chi connectivity index (χ1n) is 37.0. The van der Waals surface area contributed by atoms with Crippen molar-refractivity contribution in [3.63, 3.8) is 0 Å². The van der Waals surface area contributed by atoms with E-state index in [-0.39, 0.29) is 93.1 Å². The second-order valence-electron chi connectivity index (χ2n) is 31.7. The summed E-state index contributed by atoms with van der Waals surface area (Å²) in [4.78, 5) is 140. The summed E-state index contributed by atoms with van der Waals surface area (Å²) in [7, 11) is 2.66. The van der Waals surface area contributed by atoms with Crippen LogP contribution in [0.5, 0.6) is 0 Å². The van der Waals surface area contributed by atoms with Gasteiger partial charge in [-0.25, -0.2) is 0 Å². The summed E-state index contributed by atoms with van der Waals surface area (Å²) >= 11 is 0. The lowest BCUT2D eigenvalue weighted by atomic mass is 9.86. The molecule has 0 aromatic carbocycles. The molecule has 0 rings (SSSR count). The molecule has 4 N–H and O–H groups in total. The van der Waals surface area contributed by atoms with Crippen molar-refractivity contribution in [1.29, 1.82) is 0 Å². The Kier molecular flexibility index (Phi) is 74.6. The maximum Gasteiger partial charge on any atom is 0.310 e. The standard InChI is InChI=1S/2C15H26O4.3C14H24O4.C11H18O4.5CH4/c2*1-7-9-11(13(16)18-6)12(10-8-2)14(17)19-15(3,4)5;3*1-6-8-10(12(15)16)11(9-7-2)13(17)18-14(3,4)5;1-5-6-8(10(13)14)7-9(12)15-11(2,3)4;;;;;/h2*7,11-12H,1,8-10H2,2-6H3;3*6,10-11H,1,7-9H2,2-5H3,(H,15,16);5,8H,1,6-7H2,2-4H3,(H,13,14);5*1H4/t11-,12?;11-,12+;10-,11?;10-,11+;10-,11-;8-;;;;;/m111111...../s1. The molecule has 2 unspecified atom stereocenters. The lowest BCUT2D eigenvalue weighted by Gasteiger charge is -2.27. The zero-order valence-electron chi connectivity index (χ0n) is 70.0. The summed E-state index contributed by atoms with van der Waals surface area (Å²) in [5, 5.41) is 36.4. The van der Waals surface area contributed by atoms with Crippen LogP contribution in [0.3, 0.4) is 0 Å². The van der Waals surface area contributed by atoms with Crippen molar-refractivity contribution in [3.8, 4) is 0 Å². The van der Waals surface area contributed by atoms with Crippen molar-refractivity contribution in [2.75, 3.05) is 14.2 Å². The molecule has 0 aromatic heterocycles. The van der Waals surface area contributed by atoms with Crippen LogP contribution in [0.15, 0.2) is 75.9 Å². The second kappa shape index (κ2) is 65.5. The first kappa shape index (κ1) is 128. The van der Waals surface area contributed by atoms with Crippen molar-refractivity contribution < 1.29 is 116 Å². The number of carboxylic acid groups (broad SMARTS) is 4. The first-order chi connectivity index (χ1) is 49.0. The number of carbonyl (C=O) groups excluding carboxylic acids is 8. The molecule has 112 heavy (non-hydrogen) atoms. The van der Waals surface area contributed by atoms with E-state index >= 15 is 0 Å². The Balaban J connectivity index is -0.000000121. The predicted octanol–water partition coefficient (Wildman–Crippen LogP) is 20.5. The number of methoxy groups -OCH3 is 2. The summed E-state index contributed by atoms with van der Waals surface area (Å²) < 4.78 is 41.3. The molecule has 24 nitrogen and oxygen atoms in total. The average Bonchev–Trinajstić information content (AvgIpc) is 0.853. The van der Waals surface area contributed by atoms with Crippen LogP contribution in [-0.2, 0) is 95.4 Å². The molecule has 0 aliphatic carbocycles. The third kappa shape index (κ3) is 64.6. The van der Waals surface area contributed by atoms with Crippen LogP contribution < -0.4 is 0 Å². The zero-order chi connectivity index (χ0) is 85.2. The van der Waals surface area contributed by atoms with Gasteiger partial charge in [-0.1, -0.05) is 140 Å². The number of carboxylic acids is 4. The van der Waals surface area contributed by atoms with Gasteiger partial charge >= 0.3 is 71.6 Å². The van der Waals surface area contributed by atoms with E-state index in [1.165, 1.54) is 38.5 Å². The van der Waals surface area contributed by atoms with Crippen LogP contribution in [0.2, 0.25) is 0 Å². The molecule has 11 atom stereocenters. The number of aliphatic carboxylic acids is 4. The third-order valence-electron chi connectivity index (χ3n) is 14.7. The Hall–Kier alpha value is -7.92. The van der Waals surface area contributed by atoms with Gasteiger partial charge in [-0.3, -0.25) is 57.5 Å². The topological polar surface area (TPSA) is 360 Å². The molecule has 0 heterocycles. The molecule has 0 aromatic rings. The highest BCUT2D eigenvalue weighted by Crippen LogP contribution is 2.32. The number of rotatable bonds is 40. The van der Waals surface area contributed by atoms with Gasteiger partial charge in [0, 0.05) is 0 Å². The van der Waals surface area contributed by atoms with Gasteiger partial charge in [-0.15, -0.1) is 39.5 Å². The van der Waals surface area contributed by atoms with Gasteiger partial charge in [-0.05, 0) is 195 Å². The number of esters is 8. The molecular weight excluding hydrogens is 1440 g/mol. The van der Waals surface area contributed by atoms with Gasteiger partial charge in [0.1, 0.15) is 33.6 Å². The Labute approximate surface area is 678 Å². The van der Waals surface area contributed by atoms with Crippen LogP contribution in [0.25, 0.3) is 0 Å². The van der Waals surface area contributed by atoms with Crippen molar-refractivity contribution in [3.05, 3.63) is 75.9 Å². The van der Waals surface area contributed by atoms with E-state index in [2.05, 4.69) is 39.5 Å². The van der Waals surface area contributed by atoms with Gasteiger partial charge < -0.3 is 58.3 Å². The molecule has 0 saturated carbocycles. The molecule has 0 aliphatic heterocycles. The molecule has 24 heteroatoms. The fourth-order valence-electron chi connectivity index (χ4n) is 10.3.